The fourth-order valence-corrected chi connectivity index (χ4v) is 1.29. The highest BCUT2D eigenvalue weighted by Gasteiger charge is 2.03. The van der Waals surface area contributed by atoms with Gasteiger partial charge in [-0.25, -0.2) is 0 Å². The summed E-state index contributed by atoms with van der Waals surface area (Å²) in [6, 6.07) is 8.40. The molecule has 1 aromatic carbocycles. The molecular weight excluding hydrogens is 192 g/mol. The molecule has 0 unspecified atom stereocenters. The van der Waals surface area contributed by atoms with E-state index < -0.39 is 0 Å². The van der Waals surface area contributed by atoms with E-state index in [1.54, 1.807) is 24.3 Å². The zero-order chi connectivity index (χ0) is 10.7. The minimum absolute atomic E-state index is 0.101. The molecule has 0 spiro atoms. The largest absolute Gasteiger partial charge is 0.461 e. The molecule has 1 heterocycles. The van der Waals surface area contributed by atoms with E-state index >= 15 is 0 Å². The van der Waals surface area contributed by atoms with E-state index in [1.165, 1.54) is 6.07 Å². The van der Waals surface area contributed by atoms with Crippen molar-refractivity contribution in [1.29, 1.82) is 0 Å². The van der Waals surface area contributed by atoms with Crippen molar-refractivity contribution in [3.63, 3.8) is 0 Å². The molecule has 0 N–H and O–H groups in total. The first-order valence-corrected chi connectivity index (χ1v) is 4.58. The van der Waals surface area contributed by atoms with Gasteiger partial charge in [0.2, 0.25) is 0 Å². The Kier molecular flexibility index (Phi) is 2.54. The smallest absolute Gasteiger partial charge is 0.289 e. The first-order valence-electron chi connectivity index (χ1n) is 4.58. The third-order valence-corrected chi connectivity index (χ3v) is 1.96. The highest BCUT2D eigenvalue weighted by atomic mass is 16.6. The van der Waals surface area contributed by atoms with Crippen molar-refractivity contribution in [3.8, 4) is 5.95 Å². The monoisotopic (exact) mass is 202 g/mol. The topological polar surface area (TPSA) is 39.4 Å². The molecule has 2 rings (SSSR count). The highest BCUT2D eigenvalue weighted by molar-refractivity contribution is 5.76. The maximum absolute atomic E-state index is 11.6. The maximum atomic E-state index is 11.6. The van der Waals surface area contributed by atoms with Crippen molar-refractivity contribution in [2.75, 3.05) is 6.61 Å². The SMILES string of the molecule is C=CCOc1cc(=O)c2ccccc2o1. The lowest BCUT2D eigenvalue weighted by molar-refractivity contribution is 0.276. The van der Waals surface area contributed by atoms with Crippen LogP contribution in [0.3, 0.4) is 0 Å². The molecule has 0 aliphatic carbocycles. The summed E-state index contributed by atoms with van der Waals surface area (Å²) in [5, 5.41) is 0.559. The summed E-state index contributed by atoms with van der Waals surface area (Å²) in [4.78, 5) is 11.6. The average molecular weight is 202 g/mol. The molecule has 2 aromatic rings. The fourth-order valence-electron chi connectivity index (χ4n) is 1.29. The number of ether oxygens (including phenoxy) is 1. The van der Waals surface area contributed by atoms with Crippen molar-refractivity contribution in [2.45, 2.75) is 0 Å². The molecule has 0 aliphatic rings. The van der Waals surface area contributed by atoms with Gasteiger partial charge in [0, 0.05) is 0 Å². The van der Waals surface area contributed by atoms with Gasteiger partial charge in [-0.3, -0.25) is 4.79 Å². The number of rotatable bonds is 3. The van der Waals surface area contributed by atoms with Crippen LogP contribution in [0.1, 0.15) is 0 Å². The lowest BCUT2D eigenvalue weighted by Gasteiger charge is -2.02. The summed E-state index contributed by atoms with van der Waals surface area (Å²) in [6.45, 7) is 3.84. The minimum Gasteiger partial charge on any atom is -0.461 e. The first-order chi connectivity index (χ1) is 7.31. The van der Waals surface area contributed by atoms with Gasteiger partial charge in [-0.05, 0) is 12.1 Å². The maximum Gasteiger partial charge on any atom is 0.289 e. The average Bonchev–Trinajstić information content (AvgIpc) is 2.26. The molecule has 15 heavy (non-hydrogen) atoms. The predicted octanol–water partition coefficient (Wildman–Crippen LogP) is 2.36. The Labute approximate surface area is 86.6 Å². The van der Waals surface area contributed by atoms with Crippen molar-refractivity contribution >= 4 is 11.0 Å². The van der Waals surface area contributed by atoms with E-state index in [2.05, 4.69) is 6.58 Å². The van der Waals surface area contributed by atoms with Crippen LogP contribution in [-0.4, -0.2) is 6.61 Å². The van der Waals surface area contributed by atoms with Gasteiger partial charge in [0.15, 0.2) is 5.43 Å². The van der Waals surface area contributed by atoms with E-state index in [4.69, 9.17) is 9.15 Å². The van der Waals surface area contributed by atoms with E-state index in [9.17, 15) is 4.79 Å². The van der Waals surface area contributed by atoms with Crippen molar-refractivity contribution in [3.05, 3.63) is 53.2 Å². The molecule has 0 atom stereocenters. The number of fused-ring (bicyclic) bond motifs is 1. The Morgan fingerprint density at radius 3 is 3.00 bits per heavy atom. The van der Waals surface area contributed by atoms with Gasteiger partial charge < -0.3 is 9.15 Å². The summed E-state index contributed by atoms with van der Waals surface area (Å²) in [7, 11) is 0. The molecule has 0 amide bonds. The molecule has 76 valence electrons. The van der Waals surface area contributed by atoms with Gasteiger partial charge in [0.25, 0.3) is 5.95 Å². The van der Waals surface area contributed by atoms with Crippen LogP contribution in [0.2, 0.25) is 0 Å². The highest BCUT2D eigenvalue weighted by Crippen LogP contribution is 2.16. The third kappa shape index (κ3) is 1.91. The Hall–Kier alpha value is -2.03. The van der Waals surface area contributed by atoms with Gasteiger partial charge in [-0.15, -0.1) is 0 Å². The van der Waals surface area contributed by atoms with Crippen LogP contribution in [0.25, 0.3) is 11.0 Å². The van der Waals surface area contributed by atoms with E-state index in [-0.39, 0.29) is 11.4 Å². The first kappa shape index (κ1) is 9.52. The lowest BCUT2D eigenvalue weighted by atomic mass is 10.2. The molecule has 3 nitrogen and oxygen atoms in total. The summed E-state index contributed by atoms with van der Waals surface area (Å²) in [5.41, 5.74) is 0.431. The van der Waals surface area contributed by atoms with Crippen LogP contribution >= 0.6 is 0 Å². The normalized spacial score (nSPS) is 10.1. The van der Waals surface area contributed by atoms with Crippen LogP contribution in [0.15, 0.2) is 52.2 Å². The van der Waals surface area contributed by atoms with Gasteiger partial charge in [-0.2, -0.15) is 0 Å². The quantitative estimate of drug-likeness (QED) is 0.717. The second-order valence-electron chi connectivity index (χ2n) is 3.03. The van der Waals surface area contributed by atoms with Crippen LogP contribution < -0.4 is 10.2 Å². The van der Waals surface area contributed by atoms with Crippen molar-refractivity contribution in [2.24, 2.45) is 0 Å². The summed E-state index contributed by atoms with van der Waals surface area (Å²) in [5.74, 6) is 0.221. The Morgan fingerprint density at radius 1 is 1.40 bits per heavy atom. The fraction of sp³-hybridized carbons (Fsp3) is 0.0833. The summed E-state index contributed by atoms with van der Waals surface area (Å²) in [6.07, 6.45) is 1.59. The number of hydrogen-bond acceptors (Lipinski definition) is 3. The van der Waals surface area contributed by atoms with E-state index in [1.807, 2.05) is 6.07 Å². The molecule has 0 fully saturated rings. The van der Waals surface area contributed by atoms with Crippen molar-refractivity contribution < 1.29 is 9.15 Å². The lowest BCUT2D eigenvalue weighted by Crippen LogP contribution is -2.02. The molecule has 0 radical (unpaired) electrons. The minimum atomic E-state index is -0.101. The van der Waals surface area contributed by atoms with E-state index in [0.29, 0.717) is 17.6 Å². The molecular formula is C12H10O3. The number of para-hydroxylation sites is 1. The van der Waals surface area contributed by atoms with Gasteiger partial charge in [0.05, 0.1) is 11.5 Å². The molecule has 1 aromatic heterocycles. The molecule has 0 saturated carbocycles. The molecule has 0 aliphatic heterocycles. The van der Waals surface area contributed by atoms with Gasteiger partial charge >= 0.3 is 0 Å². The summed E-state index contributed by atoms with van der Waals surface area (Å²) < 4.78 is 10.5. The Morgan fingerprint density at radius 2 is 2.20 bits per heavy atom. The van der Waals surface area contributed by atoms with E-state index in [0.717, 1.165) is 0 Å². The van der Waals surface area contributed by atoms with Crippen LogP contribution in [-0.2, 0) is 0 Å². The van der Waals surface area contributed by atoms with Crippen LogP contribution in [0.5, 0.6) is 5.95 Å². The van der Waals surface area contributed by atoms with Crippen molar-refractivity contribution in [1.82, 2.24) is 0 Å². The molecule has 0 saturated heterocycles. The Bertz CT molecular complexity index is 540. The summed E-state index contributed by atoms with van der Waals surface area (Å²) >= 11 is 0. The molecule has 3 heteroatoms. The standard InChI is InChI=1S/C12H10O3/c1-2-7-14-12-8-10(13)9-5-3-4-6-11(9)15-12/h2-6,8H,1,7H2. The Balaban J connectivity index is 2.52. The predicted molar refractivity (Wildman–Crippen MR) is 58.2 cm³/mol. The zero-order valence-corrected chi connectivity index (χ0v) is 8.10. The second kappa shape index (κ2) is 4.00. The number of benzene rings is 1. The van der Waals surface area contributed by atoms with Crippen LogP contribution in [0.4, 0.5) is 0 Å². The van der Waals surface area contributed by atoms with Gasteiger partial charge in [0.1, 0.15) is 12.2 Å². The second-order valence-corrected chi connectivity index (χ2v) is 3.03. The third-order valence-electron chi connectivity index (χ3n) is 1.96. The van der Waals surface area contributed by atoms with Gasteiger partial charge in [-0.1, -0.05) is 24.8 Å². The zero-order valence-electron chi connectivity index (χ0n) is 8.10. The van der Waals surface area contributed by atoms with Crippen LogP contribution in [0, 0.1) is 0 Å². The number of hydrogen-bond donors (Lipinski definition) is 0. The molecule has 0 bridgehead atoms.